The molecule has 2 fully saturated rings. The summed E-state index contributed by atoms with van der Waals surface area (Å²) in [7, 11) is 0. The van der Waals surface area contributed by atoms with Crippen LogP contribution in [0.25, 0.3) is 0 Å². The van der Waals surface area contributed by atoms with Crippen molar-refractivity contribution in [2.24, 2.45) is 0 Å². The summed E-state index contributed by atoms with van der Waals surface area (Å²) in [6, 6.07) is 7.18. The van der Waals surface area contributed by atoms with Crippen molar-refractivity contribution >= 4 is 0 Å². The van der Waals surface area contributed by atoms with E-state index in [-0.39, 0.29) is 11.4 Å². The maximum absolute atomic E-state index is 13.1. The molecule has 0 radical (unpaired) electrons. The summed E-state index contributed by atoms with van der Waals surface area (Å²) in [6.07, 6.45) is 4.88. The Hall–Kier alpha value is -0.930. The number of likely N-dealkylation sites (tertiary alicyclic amines) is 1. The summed E-state index contributed by atoms with van der Waals surface area (Å²) in [6.45, 7) is 4.51. The minimum atomic E-state index is -0.135. The van der Waals surface area contributed by atoms with Gasteiger partial charge in [0.05, 0.1) is 0 Å². The number of nitrogens with zero attached hydrogens (tertiary/aromatic N) is 1. The Labute approximate surface area is 108 Å². The zero-order valence-electron chi connectivity index (χ0n) is 10.8. The van der Waals surface area contributed by atoms with Gasteiger partial charge < -0.3 is 5.32 Å². The molecule has 2 aliphatic rings. The van der Waals surface area contributed by atoms with Crippen LogP contribution in [0.15, 0.2) is 24.3 Å². The third-order valence-corrected chi connectivity index (χ3v) is 4.52. The lowest BCUT2D eigenvalue weighted by molar-refractivity contribution is 0.0777. The molecule has 1 aromatic carbocycles. The van der Waals surface area contributed by atoms with E-state index in [0.29, 0.717) is 0 Å². The maximum Gasteiger partial charge on any atom is 0.123 e. The van der Waals surface area contributed by atoms with Crippen molar-refractivity contribution in [1.82, 2.24) is 10.2 Å². The summed E-state index contributed by atoms with van der Waals surface area (Å²) in [4.78, 5) is 2.63. The van der Waals surface area contributed by atoms with Gasteiger partial charge in [-0.05, 0) is 69.6 Å². The van der Waals surface area contributed by atoms with Gasteiger partial charge in [-0.15, -0.1) is 0 Å². The predicted octanol–water partition coefficient (Wildman–Crippen LogP) is 2.50. The first-order valence-electron chi connectivity index (χ1n) is 7.03. The van der Waals surface area contributed by atoms with Crippen LogP contribution in [-0.4, -0.2) is 31.1 Å². The largest absolute Gasteiger partial charge is 0.317 e. The number of rotatable bonds is 2. The second kappa shape index (κ2) is 4.98. The van der Waals surface area contributed by atoms with Crippen LogP contribution < -0.4 is 5.32 Å². The molecule has 2 heterocycles. The first-order valence-corrected chi connectivity index (χ1v) is 7.03. The molecular weight excluding hydrogens is 227 g/mol. The molecule has 2 aliphatic heterocycles. The second-order valence-electron chi connectivity index (χ2n) is 5.48. The Bertz CT molecular complexity index is 389. The van der Waals surface area contributed by atoms with Gasteiger partial charge in [0.25, 0.3) is 0 Å². The van der Waals surface area contributed by atoms with Crippen molar-refractivity contribution in [2.75, 3.05) is 26.2 Å². The number of nitrogens with one attached hydrogen (secondary N) is 1. The van der Waals surface area contributed by atoms with Gasteiger partial charge in [0.1, 0.15) is 5.82 Å². The minimum Gasteiger partial charge on any atom is -0.317 e. The fourth-order valence-electron chi connectivity index (χ4n) is 3.53. The molecule has 0 unspecified atom stereocenters. The quantitative estimate of drug-likeness (QED) is 0.865. The van der Waals surface area contributed by atoms with Gasteiger partial charge in [-0.2, -0.15) is 0 Å². The van der Waals surface area contributed by atoms with E-state index >= 15 is 0 Å². The molecule has 2 nitrogen and oxygen atoms in total. The second-order valence-corrected chi connectivity index (χ2v) is 5.48. The number of halogens is 1. The molecule has 0 spiro atoms. The zero-order valence-corrected chi connectivity index (χ0v) is 10.8. The highest BCUT2D eigenvalue weighted by Crippen LogP contribution is 2.39. The normalized spacial score (nSPS) is 24.3. The van der Waals surface area contributed by atoms with E-state index in [1.165, 1.54) is 31.5 Å². The van der Waals surface area contributed by atoms with Crippen LogP contribution >= 0.6 is 0 Å². The van der Waals surface area contributed by atoms with Crippen LogP contribution in [0, 0.1) is 5.82 Å². The third-order valence-electron chi connectivity index (χ3n) is 4.52. The van der Waals surface area contributed by atoms with Crippen LogP contribution in [0.4, 0.5) is 4.39 Å². The van der Waals surface area contributed by atoms with Crippen LogP contribution in [0.1, 0.15) is 31.2 Å². The van der Waals surface area contributed by atoms with Gasteiger partial charge in [-0.1, -0.05) is 12.1 Å². The van der Waals surface area contributed by atoms with Gasteiger partial charge in [-0.25, -0.2) is 4.39 Å². The third kappa shape index (κ3) is 2.06. The molecule has 0 atom stereocenters. The predicted molar refractivity (Wildman–Crippen MR) is 71.0 cm³/mol. The summed E-state index contributed by atoms with van der Waals surface area (Å²) < 4.78 is 13.1. The molecular formula is C15H21FN2. The Morgan fingerprint density at radius 2 is 1.61 bits per heavy atom. The van der Waals surface area contributed by atoms with Crippen molar-refractivity contribution in [3.63, 3.8) is 0 Å². The van der Waals surface area contributed by atoms with Gasteiger partial charge >= 0.3 is 0 Å². The number of benzene rings is 1. The molecule has 2 saturated heterocycles. The highest BCUT2D eigenvalue weighted by Gasteiger charge is 2.40. The summed E-state index contributed by atoms with van der Waals surface area (Å²) >= 11 is 0. The van der Waals surface area contributed by atoms with E-state index in [1.54, 1.807) is 12.1 Å². The van der Waals surface area contributed by atoms with Gasteiger partial charge in [0.2, 0.25) is 0 Å². The monoisotopic (exact) mass is 248 g/mol. The lowest BCUT2D eigenvalue weighted by atomic mass is 9.80. The van der Waals surface area contributed by atoms with E-state index in [0.717, 1.165) is 25.9 Å². The SMILES string of the molecule is Fc1ccc(C2(N3CCCC3)CCNCC2)cc1. The summed E-state index contributed by atoms with van der Waals surface area (Å²) in [5.41, 5.74) is 1.45. The molecule has 3 rings (SSSR count). The molecule has 1 N–H and O–H groups in total. The molecule has 0 saturated carbocycles. The Morgan fingerprint density at radius 3 is 2.22 bits per heavy atom. The smallest absolute Gasteiger partial charge is 0.123 e. The van der Waals surface area contributed by atoms with Crippen LogP contribution in [0.3, 0.4) is 0 Å². The van der Waals surface area contributed by atoms with Crippen molar-refractivity contribution < 1.29 is 4.39 Å². The van der Waals surface area contributed by atoms with Gasteiger partial charge in [0, 0.05) is 5.54 Å². The number of piperidine rings is 1. The van der Waals surface area contributed by atoms with E-state index in [1.807, 2.05) is 12.1 Å². The summed E-state index contributed by atoms with van der Waals surface area (Å²) in [5.74, 6) is -0.135. The van der Waals surface area contributed by atoms with Crippen molar-refractivity contribution in [3.05, 3.63) is 35.6 Å². The van der Waals surface area contributed by atoms with Gasteiger partial charge in [-0.3, -0.25) is 4.90 Å². The number of hydrogen-bond donors (Lipinski definition) is 1. The highest BCUT2D eigenvalue weighted by molar-refractivity contribution is 5.26. The average Bonchev–Trinajstić information content (AvgIpc) is 2.95. The maximum atomic E-state index is 13.1. The molecule has 0 aliphatic carbocycles. The minimum absolute atomic E-state index is 0.135. The highest BCUT2D eigenvalue weighted by atomic mass is 19.1. The topological polar surface area (TPSA) is 15.3 Å². The fraction of sp³-hybridized carbons (Fsp3) is 0.600. The van der Waals surface area contributed by atoms with Crippen LogP contribution in [0.2, 0.25) is 0 Å². The van der Waals surface area contributed by atoms with Crippen molar-refractivity contribution in [3.8, 4) is 0 Å². The van der Waals surface area contributed by atoms with E-state index in [4.69, 9.17) is 0 Å². The number of hydrogen-bond acceptors (Lipinski definition) is 2. The van der Waals surface area contributed by atoms with E-state index < -0.39 is 0 Å². The zero-order chi connectivity index (χ0) is 12.4. The lowest BCUT2D eigenvalue weighted by Crippen LogP contribution is -2.51. The molecule has 0 amide bonds. The Kier molecular flexibility index (Phi) is 3.35. The van der Waals surface area contributed by atoms with E-state index in [9.17, 15) is 4.39 Å². The van der Waals surface area contributed by atoms with E-state index in [2.05, 4.69) is 10.2 Å². The molecule has 18 heavy (non-hydrogen) atoms. The molecule has 0 bridgehead atoms. The fourth-order valence-corrected chi connectivity index (χ4v) is 3.53. The molecule has 98 valence electrons. The molecule has 1 aromatic rings. The lowest BCUT2D eigenvalue weighted by Gasteiger charge is -2.45. The van der Waals surface area contributed by atoms with Gasteiger partial charge in [0.15, 0.2) is 0 Å². The van der Waals surface area contributed by atoms with Crippen molar-refractivity contribution in [2.45, 2.75) is 31.2 Å². The molecule has 3 heteroatoms. The average molecular weight is 248 g/mol. The summed E-state index contributed by atoms with van der Waals surface area (Å²) in [5, 5.41) is 3.44. The van der Waals surface area contributed by atoms with Crippen LogP contribution in [-0.2, 0) is 5.54 Å². The molecule has 0 aromatic heterocycles. The Balaban J connectivity index is 1.95. The first-order chi connectivity index (χ1) is 8.81. The van der Waals surface area contributed by atoms with Crippen molar-refractivity contribution in [1.29, 1.82) is 0 Å². The van der Waals surface area contributed by atoms with Crippen LogP contribution in [0.5, 0.6) is 0 Å². The Morgan fingerprint density at radius 1 is 1.00 bits per heavy atom. The first kappa shape index (κ1) is 12.1. The standard InChI is InChI=1S/C15H21FN2/c16-14-5-3-13(4-6-14)15(7-9-17-10-8-15)18-11-1-2-12-18/h3-6,17H,1-2,7-12H2.